The summed E-state index contributed by atoms with van der Waals surface area (Å²) in [5.74, 6) is -3.58. The minimum Gasteiger partial charge on any atom is -0.472 e. The molecule has 1 aromatic heterocycles. The number of methoxy groups -OCH3 is 1. The first-order valence-corrected chi connectivity index (χ1v) is 14.2. The molecule has 9 nitrogen and oxygen atoms in total. The van der Waals surface area contributed by atoms with Crippen LogP contribution in [0.5, 0.6) is 0 Å². The smallest absolute Gasteiger partial charge is 0.310 e. The van der Waals surface area contributed by atoms with E-state index in [2.05, 4.69) is 0 Å². The molecule has 0 spiro atoms. The van der Waals surface area contributed by atoms with Crippen LogP contribution in [0.4, 0.5) is 0 Å². The monoisotopic (exact) mass is 544 g/mol. The number of furan rings is 1. The number of hydrogen-bond donors (Lipinski definition) is 0. The van der Waals surface area contributed by atoms with Crippen molar-refractivity contribution in [3.05, 3.63) is 54.0 Å². The van der Waals surface area contributed by atoms with E-state index in [4.69, 9.17) is 18.1 Å². The van der Waals surface area contributed by atoms with E-state index in [1.165, 1.54) is 31.8 Å². The average molecular weight is 545 g/mol. The van der Waals surface area contributed by atoms with Crippen molar-refractivity contribution in [3.8, 4) is 0 Å². The number of cyclic esters (lactones) is 1. The SMILES string of the molecule is COC(=O)[C@@H]1C[C@H](OS(=O)(=O)c2ccc(C)cc2)C(=O)[C@@H]2[C@@]3(C)C[C@@H](c4ccoc4)OC(=O)[C@H]3CC[C@]21C. The van der Waals surface area contributed by atoms with Crippen LogP contribution in [0.2, 0.25) is 0 Å². The molecule has 7 atom stereocenters. The molecular formula is C28H32O9S. The molecule has 1 aliphatic heterocycles. The minimum atomic E-state index is -4.31. The normalized spacial score (nSPS) is 35.1. The lowest BCUT2D eigenvalue weighted by Crippen LogP contribution is -2.64. The first-order valence-electron chi connectivity index (χ1n) is 12.7. The van der Waals surface area contributed by atoms with Crippen LogP contribution < -0.4 is 0 Å². The molecule has 2 aromatic rings. The van der Waals surface area contributed by atoms with Gasteiger partial charge in [0.05, 0.1) is 36.4 Å². The Kier molecular flexibility index (Phi) is 6.54. The highest BCUT2D eigenvalue weighted by atomic mass is 32.2. The molecule has 5 rings (SSSR count). The molecule has 1 aromatic carbocycles. The molecule has 2 saturated carbocycles. The molecule has 0 radical (unpaired) electrons. The first kappa shape index (κ1) is 26.6. The number of fused-ring (bicyclic) bond motifs is 3. The van der Waals surface area contributed by atoms with Crippen molar-refractivity contribution in [2.75, 3.05) is 7.11 Å². The Balaban J connectivity index is 1.56. The van der Waals surface area contributed by atoms with Crippen LogP contribution >= 0.6 is 0 Å². The number of rotatable bonds is 5. The fourth-order valence-corrected chi connectivity index (χ4v) is 8.22. The number of aryl methyl sites for hydroxylation is 1. The number of Topliss-reactive ketones (excluding diaryl/α,β-unsaturated/α-hetero) is 1. The van der Waals surface area contributed by atoms with Crippen molar-refractivity contribution >= 4 is 27.8 Å². The summed E-state index contributed by atoms with van der Waals surface area (Å²) < 4.78 is 48.0. The van der Waals surface area contributed by atoms with Crippen molar-refractivity contribution < 1.29 is 40.9 Å². The molecule has 0 unspecified atom stereocenters. The Hall–Kier alpha value is -2.98. The van der Waals surface area contributed by atoms with Crippen LogP contribution in [-0.4, -0.2) is 39.4 Å². The highest BCUT2D eigenvalue weighted by Gasteiger charge is 2.67. The van der Waals surface area contributed by atoms with Crippen LogP contribution in [0.25, 0.3) is 0 Å². The minimum absolute atomic E-state index is 0.0761. The molecular weight excluding hydrogens is 512 g/mol. The first-order chi connectivity index (χ1) is 17.9. The molecule has 1 saturated heterocycles. The van der Waals surface area contributed by atoms with E-state index in [9.17, 15) is 22.8 Å². The van der Waals surface area contributed by atoms with Gasteiger partial charge in [0.1, 0.15) is 12.2 Å². The summed E-state index contributed by atoms with van der Waals surface area (Å²) in [6.07, 6.45) is 2.00. The third-order valence-corrected chi connectivity index (χ3v) is 10.4. The molecule has 2 aliphatic carbocycles. The van der Waals surface area contributed by atoms with Gasteiger partial charge in [0.15, 0.2) is 5.78 Å². The fourth-order valence-electron chi connectivity index (χ4n) is 7.16. The highest BCUT2D eigenvalue weighted by Crippen LogP contribution is 2.65. The van der Waals surface area contributed by atoms with E-state index >= 15 is 0 Å². The number of carbonyl (C=O) groups is 3. The Morgan fingerprint density at radius 2 is 1.79 bits per heavy atom. The third-order valence-electron chi connectivity index (χ3n) is 9.06. The molecule has 204 valence electrons. The molecule has 2 heterocycles. The predicted octanol–water partition coefficient (Wildman–Crippen LogP) is 4.15. The van der Waals surface area contributed by atoms with Gasteiger partial charge in [-0.2, -0.15) is 8.42 Å². The molecule has 0 amide bonds. The highest BCUT2D eigenvalue weighted by molar-refractivity contribution is 7.86. The van der Waals surface area contributed by atoms with Gasteiger partial charge in [-0.1, -0.05) is 31.5 Å². The van der Waals surface area contributed by atoms with Gasteiger partial charge in [-0.05, 0) is 61.6 Å². The summed E-state index contributed by atoms with van der Waals surface area (Å²) >= 11 is 0. The number of esters is 2. The van der Waals surface area contributed by atoms with Crippen LogP contribution in [0.1, 0.15) is 56.8 Å². The zero-order valence-electron chi connectivity index (χ0n) is 21.8. The summed E-state index contributed by atoms with van der Waals surface area (Å²) in [5.41, 5.74) is -0.227. The second-order valence-electron chi connectivity index (χ2n) is 11.3. The average Bonchev–Trinajstić information content (AvgIpc) is 3.40. The number of benzene rings is 1. The van der Waals surface area contributed by atoms with Gasteiger partial charge in [0, 0.05) is 11.5 Å². The Morgan fingerprint density at radius 1 is 1.08 bits per heavy atom. The van der Waals surface area contributed by atoms with Crippen LogP contribution in [0, 0.1) is 35.5 Å². The Bertz CT molecular complexity index is 1350. The topological polar surface area (TPSA) is 126 Å². The standard InChI is InChI=1S/C28H32O9S/c1-16-5-7-18(8-6-16)38(32,33)37-21-13-20(25(30)34-4)27(2)11-9-19-26(31)36-22(17-10-12-35-15-17)14-28(19,3)24(27)23(21)29/h5-8,10,12,15,19-22,24H,9,11,13-14H2,1-4H3/t19-,20+,21+,22+,24+,27+,28+/m1/s1. The predicted molar refractivity (Wildman–Crippen MR) is 133 cm³/mol. The van der Waals surface area contributed by atoms with Gasteiger partial charge in [0.25, 0.3) is 10.1 Å². The maximum absolute atomic E-state index is 14.2. The zero-order chi connectivity index (χ0) is 27.5. The maximum Gasteiger partial charge on any atom is 0.310 e. The number of hydrogen-bond acceptors (Lipinski definition) is 9. The van der Waals surface area contributed by atoms with E-state index in [1.54, 1.807) is 18.2 Å². The quantitative estimate of drug-likeness (QED) is 0.403. The summed E-state index contributed by atoms with van der Waals surface area (Å²) in [6, 6.07) is 7.84. The second kappa shape index (κ2) is 9.34. The summed E-state index contributed by atoms with van der Waals surface area (Å²) in [6.45, 7) is 5.57. The molecule has 10 heteroatoms. The van der Waals surface area contributed by atoms with Crippen LogP contribution in [0.3, 0.4) is 0 Å². The van der Waals surface area contributed by atoms with E-state index in [1.807, 2.05) is 20.8 Å². The third kappa shape index (κ3) is 4.18. The molecule has 0 bridgehead atoms. The van der Waals surface area contributed by atoms with E-state index in [0.717, 1.165) is 5.56 Å². The van der Waals surface area contributed by atoms with E-state index < -0.39 is 68.6 Å². The number of ether oxygens (including phenoxy) is 2. The summed E-state index contributed by atoms with van der Waals surface area (Å²) in [5, 5.41) is 0. The lowest BCUT2D eigenvalue weighted by Gasteiger charge is -2.61. The van der Waals surface area contributed by atoms with Gasteiger partial charge in [-0.3, -0.25) is 18.6 Å². The van der Waals surface area contributed by atoms with Crippen LogP contribution in [0.15, 0.2) is 52.2 Å². The van der Waals surface area contributed by atoms with E-state index in [-0.39, 0.29) is 11.3 Å². The second-order valence-corrected chi connectivity index (χ2v) is 12.9. The Labute approximate surface area is 221 Å². The fraction of sp³-hybridized carbons (Fsp3) is 0.536. The van der Waals surface area contributed by atoms with E-state index in [0.29, 0.717) is 24.8 Å². The molecule has 38 heavy (non-hydrogen) atoms. The Morgan fingerprint density at radius 3 is 2.42 bits per heavy atom. The van der Waals surface area contributed by atoms with Crippen LogP contribution in [-0.2, 0) is 38.2 Å². The van der Waals surface area contributed by atoms with Gasteiger partial charge in [-0.25, -0.2) is 0 Å². The van der Waals surface area contributed by atoms with Gasteiger partial charge >= 0.3 is 11.9 Å². The maximum atomic E-state index is 14.2. The van der Waals surface area contributed by atoms with Crippen molar-refractivity contribution in [1.29, 1.82) is 0 Å². The largest absolute Gasteiger partial charge is 0.472 e. The number of carbonyl (C=O) groups excluding carboxylic acids is 3. The van der Waals surface area contributed by atoms with Gasteiger partial charge < -0.3 is 13.9 Å². The summed E-state index contributed by atoms with van der Waals surface area (Å²) in [7, 11) is -3.03. The van der Waals surface area contributed by atoms with Gasteiger partial charge in [-0.15, -0.1) is 0 Å². The van der Waals surface area contributed by atoms with Crippen molar-refractivity contribution in [2.24, 2.45) is 28.6 Å². The van der Waals surface area contributed by atoms with Crippen molar-refractivity contribution in [1.82, 2.24) is 0 Å². The zero-order valence-corrected chi connectivity index (χ0v) is 22.7. The lowest BCUT2D eigenvalue weighted by molar-refractivity contribution is -0.206. The van der Waals surface area contributed by atoms with Gasteiger partial charge in [0.2, 0.25) is 0 Å². The number of ketones is 1. The summed E-state index contributed by atoms with van der Waals surface area (Å²) in [4.78, 5) is 40.5. The lowest BCUT2D eigenvalue weighted by atomic mass is 9.43. The molecule has 0 N–H and O–H groups in total. The van der Waals surface area contributed by atoms with Crippen molar-refractivity contribution in [2.45, 2.75) is 63.6 Å². The molecule has 3 aliphatic rings. The van der Waals surface area contributed by atoms with Crippen molar-refractivity contribution in [3.63, 3.8) is 0 Å². The molecule has 3 fully saturated rings.